The van der Waals surface area contributed by atoms with Crippen LogP contribution >= 0.6 is 22.9 Å². The molecule has 6 heteroatoms. The summed E-state index contributed by atoms with van der Waals surface area (Å²) in [7, 11) is 0. The molecule has 0 bridgehead atoms. The molecule has 1 aromatic heterocycles. The van der Waals surface area contributed by atoms with Crippen molar-refractivity contribution in [1.29, 1.82) is 0 Å². The van der Waals surface area contributed by atoms with Crippen LogP contribution in [-0.4, -0.2) is 17.4 Å². The highest BCUT2D eigenvalue weighted by Gasteiger charge is 2.13. The Kier molecular flexibility index (Phi) is 5.33. The highest BCUT2D eigenvalue weighted by Crippen LogP contribution is 2.28. The molecular formula is C15H18ClN3OS. The smallest absolute Gasteiger partial charge is 0.224 e. The van der Waals surface area contributed by atoms with E-state index in [1.165, 1.54) is 0 Å². The second kappa shape index (κ2) is 7.02. The zero-order valence-corrected chi connectivity index (χ0v) is 13.6. The molecule has 0 saturated carbocycles. The molecule has 1 atom stereocenters. The number of hydrogen-bond acceptors (Lipinski definition) is 4. The molecule has 1 unspecified atom stereocenters. The van der Waals surface area contributed by atoms with Gasteiger partial charge in [-0.3, -0.25) is 4.79 Å². The number of carbonyl (C=O) groups excluding carboxylic acids is 1. The molecule has 0 aliphatic carbocycles. The molecule has 0 radical (unpaired) electrons. The van der Waals surface area contributed by atoms with Gasteiger partial charge in [0.15, 0.2) is 0 Å². The van der Waals surface area contributed by atoms with Crippen molar-refractivity contribution >= 4 is 28.8 Å². The summed E-state index contributed by atoms with van der Waals surface area (Å²) in [6.45, 7) is 4.61. The Morgan fingerprint density at radius 1 is 1.43 bits per heavy atom. The number of halogens is 1. The number of nitrogens with one attached hydrogen (secondary N) is 1. The largest absolute Gasteiger partial charge is 0.349 e. The van der Waals surface area contributed by atoms with Gasteiger partial charge in [0.05, 0.1) is 12.2 Å². The summed E-state index contributed by atoms with van der Waals surface area (Å²) in [4.78, 5) is 17.4. The minimum Gasteiger partial charge on any atom is -0.349 e. The number of thiazole rings is 1. The first-order valence-corrected chi connectivity index (χ1v) is 7.90. The third-order valence-electron chi connectivity index (χ3n) is 3.17. The number of rotatable bonds is 5. The van der Waals surface area contributed by atoms with Gasteiger partial charge in [-0.1, -0.05) is 30.7 Å². The first kappa shape index (κ1) is 15.9. The number of aromatic nitrogens is 1. The number of hydrogen-bond donors (Lipinski definition) is 2. The fourth-order valence-electron chi connectivity index (χ4n) is 1.85. The van der Waals surface area contributed by atoms with Crippen molar-refractivity contribution in [2.24, 2.45) is 11.7 Å². The first-order valence-electron chi connectivity index (χ1n) is 6.71. The second-order valence-electron chi connectivity index (χ2n) is 4.87. The molecule has 0 aliphatic rings. The Hall–Kier alpha value is -1.43. The van der Waals surface area contributed by atoms with E-state index < -0.39 is 0 Å². The fraction of sp³-hybridized carbons (Fsp3) is 0.333. The van der Waals surface area contributed by atoms with E-state index in [9.17, 15) is 4.79 Å². The molecule has 4 nitrogen and oxygen atoms in total. The Bertz CT molecular complexity index is 624. The molecule has 21 heavy (non-hydrogen) atoms. The van der Waals surface area contributed by atoms with Crippen molar-refractivity contribution in [1.82, 2.24) is 10.3 Å². The van der Waals surface area contributed by atoms with Crippen molar-refractivity contribution in [2.45, 2.75) is 20.4 Å². The zero-order chi connectivity index (χ0) is 15.4. The van der Waals surface area contributed by atoms with Crippen molar-refractivity contribution in [3.05, 3.63) is 39.2 Å². The quantitative estimate of drug-likeness (QED) is 0.888. The van der Waals surface area contributed by atoms with E-state index in [4.69, 9.17) is 17.3 Å². The molecule has 1 aromatic carbocycles. The van der Waals surface area contributed by atoms with Crippen LogP contribution in [0.3, 0.4) is 0 Å². The molecule has 112 valence electrons. The highest BCUT2D eigenvalue weighted by atomic mass is 35.5. The SMILES string of the molecule is Cc1sc(CNC(=O)C(C)CN)nc1-c1ccc(Cl)cc1. The van der Waals surface area contributed by atoms with Gasteiger partial charge in [-0.25, -0.2) is 4.98 Å². The van der Waals surface area contributed by atoms with E-state index in [0.29, 0.717) is 18.1 Å². The van der Waals surface area contributed by atoms with Gasteiger partial charge < -0.3 is 11.1 Å². The average molecular weight is 324 g/mol. The zero-order valence-electron chi connectivity index (χ0n) is 12.0. The number of nitrogens with zero attached hydrogens (tertiary/aromatic N) is 1. The normalized spacial score (nSPS) is 12.2. The summed E-state index contributed by atoms with van der Waals surface area (Å²) in [6, 6.07) is 7.59. The molecule has 2 rings (SSSR count). The third kappa shape index (κ3) is 4.03. The molecule has 1 amide bonds. The number of aryl methyl sites for hydroxylation is 1. The standard InChI is InChI=1S/C15H18ClN3OS/c1-9(7-17)15(20)18-8-13-19-14(10(2)21-13)11-3-5-12(16)6-4-11/h3-6,9H,7-8,17H2,1-2H3,(H,18,20). The molecule has 2 aromatic rings. The third-order valence-corrected chi connectivity index (χ3v) is 4.40. The summed E-state index contributed by atoms with van der Waals surface area (Å²) in [5, 5.41) is 4.45. The number of nitrogens with two attached hydrogens (primary N) is 1. The molecule has 3 N–H and O–H groups in total. The van der Waals surface area contributed by atoms with Crippen LogP contribution in [0.2, 0.25) is 5.02 Å². The molecule has 0 aliphatic heterocycles. The highest BCUT2D eigenvalue weighted by molar-refractivity contribution is 7.12. The average Bonchev–Trinajstić information content (AvgIpc) is 2.85. The van der Waals surface area contributed by atoms with Gasteiger partial charge in [-0.15, -0.1) is 11.3 Å². The number of amides is 1. The maximum atomic E-state index is 11.7. The Balaban J connectivity index is 2.09. The van der Waals surface area contributed by atoms with Crippen molar-refractivity contribution in [3.8, 4) is 11.3 Å². The van der Waals surface area contributed by atoms with E-state index in [1.807, 2.05) is 38.1 Å². The summed E-state index contributed by atoms with van der Waals surface area (Å²) in [6.07, 6.45) is 0. The predicted molar refractivity (Wildman–Crippen MR) is 87.4 cm³/mol. The minimum absolute atomic E-state index is 0.0432. The maximum absolute atomic E-state index is 11.7. The fourth-order valence-corrected chi connectivity index (χ4v) is 2.87. The lowest BCUT2D eigenvalue weighted by atomic mass is 10.1. The first-order chi connectivity index (χ1) is 10.0. The molecule has 0 spiro atoms. The van der Waals surface area contributed by atoms with E-state index in [2.05, 4.69) is 10.3 Å². The van der Waals surface area contributed by atoms with Gasteiger partial charge in [0.2, 0.25) is 5.91 Å². The predicted octanol–water partition coefficient (Wildman–Crippen LogP) is 2.98. The van der Waals surface area contributed by atoms with Gasteiger partial charge in [0, 0.05) is 27.9 Å². The number of carbonyl (C=O) groups is 1. The van der Waals surface area contributed by atoms with Crippen LogP contribution < -0.4 is 11.1 Å². The minimum atomic E-state index is -0.179. The van der Waals surface area contributed by atoms with Gasteiger partial charge in [-0.2, -0.15) is 0 Å². The summed E-state index contributed by atoms with van der Waals surface area (Å²) < 4.78 is 0. The van der Waals surface area contributed by atoms with E-state index in [0.717, 1.165) is 21.1 Å². The maximum Gasteiger partial charge on any atom is 0.224 e. The Morgan fingerprint density at radius 2 is 2.10 bits per heavy atom. The van der Waals surface area contributed by atoms with Gasteiger partial charge in [0.25, 0.3) is 0 Å². The monoisotopic (exact) mass is 323 g/mol. The van der Waals surface area contributed by atoms with Crippen LogP contribution in [-0.2, 0) is 11.3 Å². The van der Waals surface area contributed by atoms with Crippen LogP contribution in [0.25, 0.3) is 11.3 Å². The summed E-state index contributed by atoms with van der Waals surface area (Å²) >= 11 is 7.48. The van der Waals surface area contributed by atoms with E-state index >= 15 is 0 Å². The van der Waals surface area contributed by atoms with E-state index in [1.54, 1.807) is 11.3 Å². The van der Waals surface area contributed by atoms with Gasteiger partial charge in [-0.05, 0) is 19.1 Å². The summed E-state index contributed by atoms with van der Waals surface area (Å²) in [5.41, 5.74) is 7.44. The van der Waals surface area contributed by atoms with Crippen LogP contribution in [0.5, 0.6) is 0 Å². The molecule has 0 fully saturated rings. The number of benzene rings is 1. The Labute approximate surface area is 133 Å². The molecular weight excluding hydrogens is 306 g/mol. The van der Waals surface area contributed by atoms with Crippen molar-refractivity contribution < 1.29 is 4.79 Å². The lowest BCUT2D eigenvalue weighted by molar-refractivity contribution is -0.124. The van der Waals surface area contributed by atoms with E-state index in [-0.39, 0.29) is 11.8 Å². The lowest BCUT2D eigenvalue weighted by Gasteiger charge is -2.07. The van der Waals surface area contributed by atoms with Crippen molar-refractivity contribution in [2.75, 3.05) is 6.54 Å². The van der Waals surface area contributed by atoms with Crippen LogP contribution in [0.4, 0.5) is 0 Å². The van der Waals surface area contributed by atoms with Crippen LogP contribution in [0.15, 0.2) is 24.3 Å². The van der Waals surface area contributed by atoms with Crippen LogP contribution in [0.1, 0.15) is 16.8 Å². The molecule has 1 heterocycles. The van der Waals surface area contributed by atoms with Gasteiger partial charge >= 0.3 is 0 Å². The van der Waals surface area contributed by atoms with Gasteiger partial charge in [0.1, 0.15) is 5.01 Å². The Morgan fingerprint density at radius 3 is 2.71 bits per heavy atom. The lowest BCUT2D eigenvalue weighted by Crippen LogP contribution is -2.32. The topological polar surface area (TPSA) is 68.0 Å². The van der Waals surface area contributed by atoms with Crippen LogP contribution in [0, 0.1) is 12.8 Å². The van der Waals surface area contributed by atoms with Crippen molar-refractivity contribution in [3.63, 3.8) is 0 Å². The summed E-state index contributed by atoms with van der Waals surface area (Å²) in [5.74, 6) is -0.222. The second-order valence-corrected chi connectivity index (χ2v) is 6.60. The molecule has 0 saturated heterocycles.